The normalized spacial score (nSPS) is 20.7. The first-order chi connectivity index (χ1) is 17.8. The van der Waals surface area contributed by atoms with Crippen molar-refractivity contribution in [3.05, 3.63) is 0 Å². The Morgan fingerprint density at radius 3 is 1.20 bits per heavy atom. The minimum atomic E-state index is -1.19. The van der Waals surface area contributed by atoms with E-state index in [1.54, 1.807) is 0 Å². The van der Waals surface area contributed by atoms with Crippen LogP contribution in [0.25, 0.3) is 0 Å². The molecule has 0 spiro atoms. The molecule has 0 saturated carbocycles. The maximum absolute atomic E-state index is 11.4. The fourth-order valence-electron chi connectivity index (χ4n) is 3.53. The molecule has 1 heterocycles. The summed E-state index contributed by atoms with van der Waals surface area (Å²) in [4.78, 5) is 45.0. The van der Waals surface area contributed by atoms with Gasteiger partial charge in [-0.25, -0.2) is 0 Å². The molecule has 9 nitrogen and oxygen atoms in total. The number of rotatable bonds is 11. The molecule has 1 aliphatic heterocycles. The van der Waals surface area contributed by atoms with Crippen molar-refractivity contribution >= 4 is 52.3 Å². The van der Waals surface area contributed by atoms with Crippen LogP contribution in [-0.2, 0) is 100 Å². The van der Waals surface area contributed by atoms with Crippen LogP contribution in [0.15, 0.2) is 0 Å². The van der Waals surface area contributed by atoms with E-state index in [2.05, 4.69) is 41.5 Å². The number of ether oxygens (including phenoxy) is 5. The van der Waals surface area contributed by atoms with Gasteiger partial charge in [-0.05, 0) is 42.4 Å². The second kappa shape index (κ2) is 30.8. The third kappa shape index (κ3) is 24.8. The molecule has 0 aromatic rings. The second-order valence-corrected chi connectivity index (χ2v) is 15.2. The van der Waals surface area contributed by atoms with E-state index in [4.69, 9.17) is 36.3 Å². The van der Waals surface area contributed by atoms with E-state index < -0.39 is 53.7 Å². The molecule has 0 amide bonds. The van der Waals surface area contributed by atoms with Gasteiger partial charge in [0.2, 0.25) is 0 Å². The molecule has 1 saturated heterocycles. The van der Waals surface area contributed by atoms with Crippen LogP contribution in [0.1, 0.15) is 69.2 Å². The summed E-state index contributed by atoms with van der Waals surface area (Å²) < 4.78 is 25.7. The molecule has 0 aliphatic carbocycles. The largest absolute Gasteiger partial charge is 1.00 e. The van der Waals surface area contributed by atoms with Crippen LogP contribution in [0, 0.1) is 0 Å². The van der Waals surface area contributed by atoms with E-state index in [-0.39, 0.29) is 63.8 Å². The van der Waals surface area contributed by atoms with E-state index in [1.165, 1.54) is 43.9 Å². The number of carbonyl (C=O) groups is 4. The smallest absolute Gasteiger partial charge is 1.00 e. The summed E-state index contributed by atoms with van der Waals surface area (Å²) in [6.45, 7) is 18.1. The molecule has 0 N–H and O–H groups in total. The van der Waals surface area contributed by atoms with Gasteiger partial charge in [0.25, 0.3) is 0 Å². The third-order valence-electron chi connectivity index (χ3n) is 5.63. The molecular weight excluding hydrogens is 980 g/mol. The van der Waals surface area contributed by atoms with Crippen LogP contribution in [0.5, 0.6) is 0 Å². The number of halogens is 1. The van der Waals surface area contributed by atoms with E-state index in [9.17, 15) is 19.2 Å². The molecule has 0 radical (unpaired) electrons. The molecule has 0 bridgehead atoms. The quantitative estimate of drug-likeness (QED) is 0.0998. The van der Waals surface area contributed by atoms with Gasteiger partial charge in [-0.1, -0.05) is 41.5 Å². The molecule has 252 valence electrons. The molecule has 0 unspecified atom stereocenters. The fraction of sp³-hybridized carbons (Fsp3) is 0.846. The maximum atomic E-state index is 11.4. The van der Waals surface area contributed by atoms with Gasteiger partial charge >= 0.3 is 68.6 Å². The molecule has 0 aromatic carbocycles. The summed E-state index contributed by atoms with van der Waals surface area (Å²) in [6, 6.07) is 0. The molecule has 1 rings (SSSR count). The van der Waals surface area contributed by atoms with E-state index in [0.717, 1.165) is 20.8 Å². The van der Waals surface area contributed by atoms with Gasteiger partial charge in [-0.3, -0.25) is 19.2 Å². The second-order valence-electron chi connectivity index (χ2n) is 8.31. The monoisotopic (exact) mass is 1030 g/mol. The topological polar surface area (TPSA) is 114 Å². The first kappa shape index (κ1) is 51.4. The summed E-state index contributed by atoms with van der Waals surface area (Å²) in [6.07, 6.45) is 4.04. The Morgan fingerprint density at radius 1 is 0.610 bits per heavy atom. The minimum Gasteiger partial charge on any atom is -1.00 e. The SMILES string of the molecule is CC(=O)OC[C@H]1O[C@@H]([S-])[C@H](OC(C)=O)[C@@H](OC(C)=O)[C@@H]1OC(C)=O.CCP(CC)CC.CCP(CC)CC.[Au+].[Au+].[Cl-]. The van der Waals surface area contributed by atoms with Gasteiger partial charge in [0, 0.05) is 27.7 Å². The van der Waals surface area contributed by atoms with Gasteiger partial charge in [0.1, 0.15) is 18.8 Å². The molecule has 0 aromatic heterocycles. The maximum Gasteiger partial charge on any atom is 1.00 e. The van der Waals surface area contributed by atoms with Gasteiger partial charge in [-0.15, -0.1) is 15.8 Å². The van der Waals surface area contributed by atoms with Gasteiger partial charge in [0.15, 0.2) is 12.2 Å². The van der Waals surface area contributed by atoms with Crippen LogP contribution in [0.3, 0.4) is 0 Å². The molecule has 41 heavy (non-hydrogen) atoms. The van der Waals surface area contributed by atoms with Crippen molar-refractivity contribution in [1.29, 1.82) is 0 Å². The average Bonchev–Trinajstić information content (AvgIpc) is 2.84. The van der Waals surface area contributed by atoms with Crippen molar-refractivity contribution in [2.45, 2.75) is 99.1 Å². The number of hydrogen-bond acceptors (Lipinski definition) is 10. The molecular formula is C26H49Au2ClO9P2S. The standard InChI is InChI=1S/C14H20O9S.2C6H15P.2Au.ClH/c1-6(15)19-5-10-11(20-7(2)16)12(21-8(3)17)13(14(24)23-10)22-9(4)18;2*1-4-7(5-2)6-3;;;/h10-14,24H,5H2,1-4H3;2*4-6H2,1-3H3;;;1H/q;;;2*+1;/p-2/t10-,11-,12+,13-,14+;;;;;/m1...../s1. The molecule has 1 aliphatic rings. The third-order valence-corrected chi connectivity index (χ3v) is 11.4. The van der Waals surface area contributed by atoms with Crippen molar-refractivity contribution in [3.8, 4) is 0 Å². The van der Waals surface area contributed by atoms with E-state index in [0.29, 0.717) is 15.8 Å². The molecule has 15 heteroatoms. The Hall–Kier alpha value is 0.821. The first-order valence-corrected chi connectivity index (χ1v) is 17.5. The predicted molar refractivity (Wildman–Crippen MR) is 156 cm³/mol. The van der Waals surface area contributed by atoms with Gasteiger partial charge < -0.3 is 48.7 Å². The number of esters is 4. The van der Waals surface area contributed by atoms with Gasteiger partial charge in [-0.2, -0.15) is 0 Å². The van der Waals surface area contributed by atoms with Crippen molar-refractivity contribution in [3.63, 3.8) is 0 Å². The average molecular weight is 1030 g/mol. The Balaban J connectivity index is -0.000000212. The molecule has 5 atom stereocenters. The van der Waals surface area contributed by atoms with Crippen LogP contribution in [0.4, 0.5) is 0 Å². The number of carbonyl (C=O) groups excluding carboxylic acids is 4. The molecule has 1 fully saturated rings. The van der Waals surface area contributed by atoms with Crippen LogP contribution in [0.2, 0.25) is 0 Å². The summed E-state index contributed by atoms with van der Waals surface area (Å²) in [7, 11) is 0.892. The van der Waals surface area contributed by atoms with Crippen molar-refractivity contribution in [2.24, 2.45) is 0 Å². The van der Waals surface area contributed by atoms with Gasteiger partial charge in [0.05, 0.1) is 0 Å². The summed E-state index contributed by atoms with van der Waals surface area (Å²) in [5.41, 5.74) is -1.09. The Kier molecular flexibility index (Phi) is 38.7. The summed E-state index contributed by atoms with van der Waals surface area (Å²) in [5.74, 6) is -2.62. The predicted octanol–water partition coefficient (Wildman–Crippen LogP) is 1.67. The minimum absolute atomic E-state index is 0. The van der Waals surface area contributed by atoms with Crippen LogP contribution < -0.4 is 12.4 Å². The summed E-state index contributed by atoms with van der Waals surface area (Å²) >= 11 is 5.11. The van der Waals surface area contributed by atoms with Crippen LogP contribution in [-0.4, -0.2) is 97.3 Å². The first-order valence-electron chi connectivity index (χ1n) is 13.2. The summed E-state index contributed by atoms with van der Waals surface area (Å²) in [5, 5.41) is 0. The van der Waals surface area contributed by atoms with E-state index >= 15 is 0 Å². The fourth-order valence-corrected chi connectivity index (χ4v) is 6.57. The van der Waals surface area contributed by atoms with E-state index in [1.807, 2.05) is 0 Å². The van der Waals surface area contributed by atoms with Crippen molar-refractivity contribution in [2.75, 3.05) is 43.6 Å². The Labute approximate surface area is 293 Å². The Morgan fingerprint density at radius 2 is 0.927 bits per heavy atom. The zero-order chi connectivity index (χ0) is 29.8. The zero-order valence-corrected chi connectivity index (χ0v) is 33.5. The Bertz CT molecular complexity index is 683. The van der Waals surface area contributed by atoms with Crippen molar-refractivity contribution in [1.82, 2.24) is 0 Å². The zero-order valence-electron chi connectivity index (χ0n) is 25.8. The van der Waals surface area contributed by atoms with Crippen molar-refractivity contribution < 1.29 is 100 Å². The number of hydrogen-bond donors (Lipinski definition) is 0. The van der Waals surface area contributed by atoms with Crippen LogP contribution >= 0.6 is 15.8 Å².